The summed E-state index contributed by atoms with van der Waals surface area (Å²) in [5.41, 5.74) is 2.52. The van der Waals surface area contributed by atoms with Crippen molar-refractivity contribution in [3.63, 3.8) is 0 Å². The Bertz CT molecular complexity index is 1410. The van der Waals surface area contributed by atoms with Crippen LogP contribution in [0.3, 0.4) is 0 Å². The number of nitrogens with one attached hydrogen (secondary N) is 3. The van der Waals surface area contributed by atoms with E-state index in [1.54, 1.807) is 29.3 Å². The van der Waals surface area contributed by atoms with Crippen LogP contribution < -0.4 is 15.4 Å². The van der Waals surface area contributed by atoms with Crippen molar-refractivity contribution >= 4 is 50.4 Å². The van der Waals surface area contributed by atoms with E-state index in [1.807, 2.05) is 49.5 Å². The molecule has 1 aliphatic heterocycles. The van der Waals surface area contributed by atoms with Gasteiger partial charge in [0.1, 0.15) is 5.82 Å². The van der Waals surface area contributed by atoms with E-state index in [0.717, 1.165) is 21.5 Å². The van der Waals surface area contributed by atoms with Crippen LogP contribution in [0.1, 0.15) is 17.3 Å². The lowest BCUT2D eigenvalue weighted by Gasteiger charge is -2.39. The summed E-state index contributed by atoms with van der Waals surface area (Å²) in [6, 6.07) is 22.6. The van der Waals surface area contributed by atoms with Crippen LogP contribution >= 0.6 is 10.7 Å². The lowest BCUT2D eigenvalue weighted by molar-refractivity contribution is 0.0580. The Kier molecular flexibility index (Phi) is 6.90. The molecule has 4 aromatic rings. The zero-order valence-corrected chi connectivity index (χ0v) is 20.5. The smallest absolute Gasteiger partial charge is 0.320 e. The average molecular weight is 499 g/mol. The van der Waals surface area contributed by atoms with E-state index in [-0.39, 0.29) is 28.7 Å². The first-order valence-corrected chi connectivity index (χ1v) is 12.9. The molecule has 3 amide bonds. The van der Waals surface area contributed by atoms with Gasteiger partial charge in [-0.05, 0) is 60.8 Å². The van der Waals surface area contributed by atoms with Gasteiger partial charge in [-0.1, -0.05) is 34.9 Å². The summed E-state index contributed by atoms with van der Waals surface area (Å²) < 4.78 is 3.56. The molecule has 1 unspecified atom stereocenters. The van der Waals surface area contributed by atoms with E-state index >= 15 is 0 Å². The Morgan fingerprint density at radius 3 is 2.47 bits per heavy atom. The molecule has 2 aromatic carbocycles. The van der Waals surface area contributed by atoms with Crippen LogP contribution in [0.4, 0.5) is 16.3 Å². The molecule has 0 radical (unpaired) electrons. The molecular weight excluding hydrogens is 472 g/mol. The Morgan fingerprint density at radius 2 is 1.72 bits per heavy atom. The minimum Gasteiger partial charge on any atom is -0.334 e. The van der Waals surface area contributed by atoms with Gasteiger partial charge < -0.3 is 14.9 Å². The largest absolute Gasteiger partial charge is 0.334 e. The Labute approximate surface area is 211 Å². The molecule has 0 saturated carbocycles. The first-order valence-electron chi connectivity index (χ1n) is 11.6. The highest BCUT2D eigenvalue weighted by Crippen LogP contribution is 2.33. The van der Waals surface area contributed by atoms with Crippen molar-refractivity contribution in [2.75, 3.05) is 23.1 Å². The maximum atomic E-state index is 12.9. The molecule has 1 atom stereocenters. The van der Waals surface area contributed by atoms with Crippen LogP contribution in [0.25, 0.3) is 10.9 Å². The molecule has 0 aliphatic carbocycles. The first-order chi connectivity index (χ1) is 17.6. The average Bonchev–Trinajstić information content (AvgIpc) is 2.89. The van der Waals surface area contributed by atoms with Crippen molar-refractivity contribution in [1.82, 2.24) is 20.2 Å². The Hall–Kier alpha value is -4.24. The predicted octanol–water partition coefficient (Wildman–Crippen LogP) is 4.75. The van der Waals surface area contributed by atoms with Gasteiger partial charge in [0, 0.05) is 47.0 Å². The number of nitrogens with zero attached hydrogens (tertiary/aromatic N) is 3. The van der Waals surface area contributed by atoms with Gasteiger partial charge >= 0.3 is 6.03 Å². The molecule has 0 spiro atoms. The second-order valence-electron chi connectivity index (χ2n) is 8.30. The van der Waals surface area contributed by atoms with E-state index in [4.69, 9.17) is 0 Å². The maximum Gasteiger partial charge on any atom is 0.320 e. The molecule has 8 nitrogen and oxygen atoms in total. The third-order valence-electron chi connectivity index (χ3n) is 5.84. The summed E-state index contributed by atoms with van der Waals surface area (Å²) in [5, 5.41) is 8.78. The van der Waals surface area contributed by atoms with Gasteiger partial charge in [0.2, 0.25) is 0 Å². The summed E-state index contributed by atoms with van der Waals surface area (Å²) in [4.78, 5) is 36.5. The van der Waals surface area contributed by atoms with Crippen LogP contribution in [0, 0.1) is 0 Å². The zero-order valence-electron chi connectivity index (χ0n) is 19.7. The van der Waals surface area contributed by atoms with Gasteiger partial charge in [-0.25, -0.2) is 9.78 Å². The van der Waals surface area contributed by atoms with Gasteiger partial charge in [0.05, 0.1) is 11.6 Å². The number of rotatable bonds is 6. The molecular formula is C27H26N6O2S. The van der Waals surface area contributed by atoms with Crippen LogP contribution in [0.2, 0.25) is 0 Å². The molecule has 36 heavy (non-hydrogen) atoms. The number of hydrogen-bond acceptors (Lipinski definition) is 5. The Balaban J connectivity index is 1.16. The molecule has 182 valence electrons. The highest BCUT2D eigenvalue weighted by molar-refractivity contribution is 8.16. The normalized spacial score (nSPS) is 14.2. The lowest BCUT2D eigenvalue weighted by atomic mass is 10.1. The number of anilines is 2. The summed E-state index contributed by atoms with van der Waals surface area (Å²) in [5.74, 6) is 0.431. The highest BCUT2D eigenvalue weighted by atomic mass is 32.2. The van der Waals surface area contributed by atoms with E-state index in [0.29, 0.717) is 24.5 Å². The molecule has 9 heteroatoms. The zero-order chi connectivity index (χ0) is 24.9. The molecule has 0 bridgehead atoms. The summed E-state index contributed by atoms with van der Waals surface area (Å²) in [7, 11) is -0.346. The predicted molar refractivity (Wildman–Crippen MR) is 145 cm³/mol. The van der Waals surface area contributed by atoms with Gasteiger partial charge in [-0.3, -0.25) is 15.1 Å². The van der Waals surface area contributed by atoms with Crippen molar-refractivity contribution in [1.29, 1.82) is 0 Å². The van der Waals surface area contributed by atoms with Gasteiger partial charge in [-0.15, -0.1) is 0 Å². The fourth-order valence-corrected chi connectivity index (χ4v) is 5.47. The minimum absolute atomic E-state index is 0.0518. The third-order valence-corrected chi connectivity index (χ3v) is 7.57. The Morgan fingerprint density at radius 1 is 0.944 bits per heavy atom. The van der Waals surface area contributed by atoms with Gasteiger partial charge in [0.25, 0.3) is 5.91 Å². The first kappa shape index (κ1) is 23.5. The molecule has 2 aromatic heterocycles. The topological polar surface area (TPSA) is 99.2 Å². The number of likely N-dealkylation sites (tertiary alicyclic amines) is 1. The molecule has 1 fully saturated rings. The van der Waals surface area contributed by atoms with E-state index in [1.165, 1.54) is 0 Å². The fourth-order valence-electron chi connectivity index (χ4n) is 4.00. The number of fused-ring (bicyclic) bond motifs is 1. The number of carbonyl (C=O) groups is 2. The van der Waals surface area contributed by atoms with Crippen molar-refractivity contribution < 1.29 is 9.59 Å². The van der Waals surface area contributed by atoms with Crippen LogP contribution in [0.5, 0.6) is 0 Å². The fraction of sp³-hybridized carbons (Fsp3) is 0.148. The van der Waals surface area contributed by atoms with Crippen LogP contribution in [-0.4, -0.2) is 51.3 Å². The van der Waals surface area contributed by atoms with Crippen molar-refractivity contribution in [2.24, 2.45) is 0 Å². The van der Waals surface area contributed by atoms with E-state index in [9.17, 15) is 9.59 Å². The van der Waals surface area contributed by atoms with E-state index in [2.05, 4.69) is 48.9 Å². The number of carbonyl (C=O) groups excluding carboxylic acids is 2. The standard InChI is InChI=1S/C27H26N6O2S/c1-2-36(23-9-5-7-19-8-6-16-29-25(19)23)32-21-13-11-20(12-14-21)26(34)33-17-22(18-33)30-27(35)31-24-10-3-4-15-28-24/h2-16,22,32H,17-18H2,1H3,(H2,28,30,31,35). The molecule has 3 heterocycles. The summed E-state index contributed by atoms with van der Waals surface area (Å²) in [6.07, 6.45) is 3.42. The highest BCUT2D eigenvalue weighted by Gasteiger charge is 2.32. The van der Waals surface area contributed by atoms with Crippen molar-refractivity contribution in [3.8, 4) is 0 Å². The van der Waals surface area contributed by atoms with Crippen LogP contribution in [-0.2, 0) is 0 Å². The number of urea groups is 1. The van der Waals surface area contributed by atoms with Crippen LogP contribution in [0.15, 0.2) is 90.1 Å². The van der Waals surface area contributed by atoms with Crippen molar-refractivity contribution in [2.45, 2.75) is 17.9 Å². The van der Waals surface area contributed by atoms with Gasteiger partial charge in [0.15, 0.2) is 0 Å². The van der Waals surface area contributed by atoms with Crippen molar-refractivity contribution in [3.05, 3.63) is 90.8 Å². The SMILES string of the molecule is C/C=S(/Nc1ccc(C(=O)N2CC(NC(=O)Nc3ccccn3)C2)cc1)c1cccc2cccnc12. The molecule has 3 N–H and O–H groups in total. The molecule has 1 aliphatic rings. The van der Waals surface area contributed by atoms with Gasteiger partial charge in [-0.2, -0.15) is 0 Å². The second kappa shape index (κ2) is 10.6. The third kappa shape index (κ3) is 5.21. The molecule has 5 rings (SSSR count). The second-order valence-corrected chi connectivity index (χ2v) is 10.1. The van der Waals surface area contributed by atoms with E-state index < -0.39 is 0 Å². The summed E-state index contributed by atoms with van der Waals surface area (Å²) >= 11 is 0. The monoisotopic (exact) mass is 498 g/mol. The number of hydrogen-bond donors (Lipinski definition) is 3. The minimum atomic E-state index is -0.346. The number of aromatic nitrogens is 2. The number of para-hydroxylation sites is 1. The number of pyridine rings is 2. The quantitative estimate of drug-likeness (QED) is 0.333. The summed E-state index contributed by atoms with van der Waals surface area (Å²) in [6.45, 7) is 2.97. The molecule has 1 saturated heterocycles. The maximum absolute atomic E-state index is 12.9. The number of amides is 3. The number of benzene rings is 2. The lowest BCUT2D eigenvalue weighted by Crippen LogP contribution is -2.61.